The fraction of sp³-hybridized carbons (Fsp3) is 0.439. The lowest BCUT2D eigenvalue weighted by Crippen LogP contribution is -2.65. The van der Waals surface area contributed by atoms with Gasteiger partial charge in [-0.15, -0.1) is 0 Å². The normalized spacial score (nSPS) is 27.4. The van der Waals surface area contributed by atoms with E-state index in [1.165, 1.54) is 16.0 Å². The van der Waals surface area contributed by atoms with Crippen LogP contribution in [-0.4, -0.2) is 82.6 Å². The van der Waals surface area contributed by atoms with Crippen LogP contribution in [0.3, 0.4) is 0 Å². The molecule has 274 valence electrons. The standard InChI is InChI=1S/C41H47N3O8/c1-20-8-6-7-9-25(20)22-12-10-21(11-13-22)16-24-14-15-30(52-24)27-19-29(43(2)3)26-17-23-18-28-34(44(4)5)37(47)33(40(42)50)39(49)41(28,51)38(48)31(23)36(46)32(26)35(27)45/h6-9,14-15,19,21-23,28,34,45-46,49,51H,10-13,16-18H2,1-5H3,(H2,42,50)/t21?,22?,23-,28-,34-,41-/m1/s1. The van der Waals surface area contributed by atoms with Crippen molar-refractivity contribution in [2.24, 2.45) is 23.5 Å². The number of hydrogen-bond acceptors (Lipinski definition) is 10. The van der Waals surface area contributed by atoms with Gasteiger partial charge in [0, 0.05) is 37.7 Å². The van der Waals surface area contributed by atoms with Crippen molar-refractivity contribution in [3.63, 3.8) is 0 Å². The van der Waals surface area contributed by atoms with Crippen LogP contribution in [0, 0.1) is 24.7 Å². The lowest BCUT2D eigenvalue weighted by molar-refractivity contribution is -0.153. The molecule has 0 aliphatic heterocycles. The summed E-state index contributed by atoms with van der Waals surface area (Å²) in [6.45, 7) is 2.17. The number of nitrogens with zero attached hydrogens (tertiary/aromatic N) is 2. The smallest absolute Gasteiger partial charge is 0.255 e. The van der Waals surface area contributed by atoms with Crippen LogP contribution in [0.1, 0.15) is 66.0 Å². The number of ketones is 2. The van der Waals surface area contributed by atoms with Gasteiger partial charge in [-0.25, -0.2) is 0 Å². The van der Waals surface area contributed by atoms with Crippen molar-refractivity contribution in [2.45, 2.75) is 69.4 Å². The van der Waals surface area contributed by atoms with Crippen LogP contribution in [0.25, 0.3) is 17.1 Å². The molecular formula is C41H47N3O8. The van der Waals surface area contributed by atoms with Crippen LogP contribution in [0.4, 0.5) is 5.69 Å². The number of carbonyl (C=O) groups excluding carboxylic acids is 3. The number of furan rings is 1. The van der Waals surface area contributed by atoms with Crippen molar-refractivity contribution < 1.29 is 39.2 Å². The van der Waals surface area contributed by atoms with Gasteiger partial charge < -0.3 is 35.5 Å². The molecule has 1 amide bonds. The molecule has 3 aromatic rings. The highest BCUT2D eigenvalue weighted by atomic mass is 16.4. The van der Waals surface area contributed by atoms with Gasteiger partial charge in [-0.3, -0.25) is 19.3 Å². The summed E-state index contributed by atoms with van der Waals surface area (Å²) >= 11 is 0. The molecule has 0 bridgehead atoms. The molecule has 7 rings (SSSR count). The Labute approximate surface area is 303 Å². The van der Waals surface area contributed by atoms with Crippen molar-refractivity contribution in [1.82, 2.24) is 4.90 Å². The molecule has 2 fully saturated rings. The number of fused-ring (bicyclic) bond motifs is 3. The first-order chi connectivity index (χ1) is 24.6. The van der Waals surface area contributed by atoms with Crippen molar-refractivity contribution in [3.05, 3.63) is 87.4 Å². The molecule has 0 unspecified atom stereocenters. The van der Waals surface area contributed by atoms with E-state index in [1.807, 2.05) is 31.1 Å². The third-order valence-electron chi connectivity index (χ3n) is 12.1. The molecule has 4 aliphatic carbocycles. The van der Waals surface area contributed by atoms with Gasteiger partial charge in [0.15, 0.2) is 11.4 Å². The van der Waals surface area contributed by atoms with E-state index in [2.05, 4.69) is 31.2 Å². The maximum absolute atomic E-state index is 14.3. The average Bonchev–Trinajstić information content (AvgIpc) is 3.54. The Kier molecular flexibility index (Phi) is 8.86. The number of primary amides is 1. The van der Waals surface area contributed by atoms with Crippen LogP contribution in [-0.2, 0) is 27.2 Å². The van der Waals surface area contributed by atoms with E-state index < -0.39 is 58.0 Å². The largest absolute Gasteiger partial charge is 0.508 e. The Morgan fingerprint density at radius 1 is 0.981 bits per heavy atom. The third kappa shape index (κ3) is 5.44. The summed E-state index contributed by atoms with van der Waals surface area (Å²) in [6, 6.07) is 13.0. The van der Waals surface area contributed by atoms with Gasteiger partial charge in [0.25, 0.3) is 5.91 Å². The number of nitrogens with two attached hydrogens (primary N) is 1. The number of amides is 1. The Balaban J connectivity index is 1.23. The highest BCUT2D eigenvalue weighted by Gasteiger charge is 2.64. The van der Waals surface area contributed by atoms with Gasteiger partial charge in [0.2, 0.25) is 5.78 Å². The molecule has 11 heteroatoms. The van der Waals surface area contributed by atoms with E-state index in [9.17, 15) is 34.8 Å². The number of aliphatic hydroxyl groups excluding tert-OH is 2. The molecule has 2 aromatic carbocycles. The molecule has 1 heterocycles. The highest BCUT2D eigenvalue weighted by molar-refractivity contribution is 6.24. The summed E-state index contributed by atoms with van der Waals surface area (Å²) in [7, 11) is 6.84. The summed E-state index contributed by atoms with van der Waals surface area (Å²) < 4.78 is 6.35. The Morgan fingerprint density at radius 2 is 1.67 bits per heavy atom. The number of aliphatic hydroxyl groups is 3. The molecule has 52 heavy (non-hydrogen) atoms. The van der Waals surface area contributed by atoms with E-state index in [0.717, 1.165) is 37.9 Å². The van der Waals surface area contributed by atoms with Crippen molar-refractivity contribution in [3.8, 4) is 17.1 Å². The molecule has 4 aliphatic rings. The van der Waals surface area contributed by atoms with E-state index >= 15 is 0 Å². The van der Waals surface area contributed by atoms with Gasteiger partial charge in [0.05, 0.1) is 17.2 Å². The summed E-state index contributed by atoms with van der Waals surface area (Å²) in [4.78, 5) is 43.4. The van der Waals surface area contributed by atoms with Gasteiger partial charge >= 0.3 is 0 Å². The van der Waals surface area contributed by atoms with Crippen molar-refractivity contribution in [2.75, 3.05) is 33.1 Å². The van der Waals surface area contributed by atoms with E-state index in [0.29, 0.717) is 34.4 Å². The minimum absolute atomic E-state index is 0.0234. The number of phenols is 1. The first-order valence-corrected chi connectivity index (χ1v) is 18.0. The monoisotopic (exact) mass is 709 g/mol. The van der Waals surface area contributed by atoms with Crippen molar-refractivity contribution >= 4 is 28.9 Å². The third-order valence-corrected chi connectivity index (χ3v) is 12.1. The first-order valence-electron chi connectivity index (χ1n) is 18.0. The summed E-state index contributed by atoms with van der Waals surface area (Å²) in [6.07, 6.45) is 5.40. The minimum Gasteiger partial charge on any atom is -0.508 e. The summed E-state index contributed by atoms with van der Waals surface area (Å²) in [5, 5.41) is 46.9. The molecule has 11 nitrogen and oxygen atoms in total. The zero-order valence-corrected chi connectivity index (χ0v) is 30.3. The fourth-order valence-electron chi connectivity index (χ4n) is 9.52. The zero-order valence-electron chi connectivity index (χ0n) is 30.3. The molecule has 4 atom stereocenters. The maximum atomic E-state index is 14.3. The van der Waals surface area contributed by atoms with Crippen molar-refractivity contribution in [1.29, 1.82) is 0 Å². The van der Waals surface area contributed by atoms with Gasteiger partial charge in [0.1, 0.15) is 34.4 Å². The highest BCUT2D eigenvalue weighted by Crippen LogP contribution is 2.55. The average molecular weight is 710 g/mol. The predicted molar refractivity (Wildman–Crippen MR) is 196 cm³/mol. The molecule has 0 radical (unpaired) electrons. The van der Waals surface area contributed by atoms with Crippen LogP contribution in [0.2, 0.25) is 0 Å². The fourth-order valence-corrected chi connectivity index (χ4v) is 9.52. The Hall–Kier alpha value is -4.87. The molecule has 1 aromatic heterocycles. The second kappa shape index (κ2) is 13.0. The molecule has 2 saturated carbocycles. The lowest BCUT2D eigenvalue weighted by atomic mass is 9.57. The lowest BCUT2D eigenvalue weighted by Gasteiger charge is -2.50. The number of benzene rings is 2. The van der Waals surface area contributed by atoms with Crippen LogP contribution in [0.15, 0.2) is 63.8 Å². The number of phenolic OH excluding ortho intramolecular Hbond substituents is 1. The molecular weight excluding hydrogens is 662 g/mol. The number of hydrogen-bond donors (Lipinski definition) is 5. The van der Waals surface area contributed by atoms with Crippen LogP contribution in [0.5, 0.6) is 5.75 Å². The Bertz CT molecular complexity index is 2050. The Morgan fingerprint density at radius 3 is 2.31 bits per heavy atom. The van der Waals surface area contributed by atoms with Gasteiger partial charge in [-0.2, -0.15) is 0 Å². The van der Waals surface area contributed by atoms with E-state index in [-0.39, 0.29) is 29.7 Å². The number of rotatable bonds is 7. The van der Waals surface area contributed by atoms with Crippen LogP contribution >= 0.6 is 0 Å². The zero-order chi connectivity index (χ0) is 37.4. The topological polar surface area (TPSA) is 178 Å². The number of anilines is 1. The molecule has 6 N–H and O–H groups in total. The summed E-state index contributed by atoms with van der Waals surface area (Å²) in [5.41, 5.74) is 6.15. The quantitative estimate of drug-likeness (QED) is 0.207. The SMILES string of the molecule is Cc1ccccc1C1CCC(Cc2ccc(-c3cc(N(C)C)c4c(c3O)C(O)=C3C(=O)[C@@]5(O)C(O)=C(C(N)=O)C(=O)[C@H](N(C)C)[C@H]5C[C@H]3C4)o2)CC1. The summed E-state index contributed by atoms with van der Waals surface area (Å²) in [5.74, 6) is -4.58. The molecule has 0 spiro atoms. The second-order valence-corrected chi connectivity index (χ2v) is 15.5. The van der Waals surface area contributed by atoms with Gasteiger partial charge in [-0.05, 0) is 112 Å². The number of likely N-dealkylation sites (N-methyl/N-ethyl adjacent to an activating group) is 1. The number of aromatic hydroxyl groups is 1. The predicted octanol–water partition coefficient (Wildman–Crippen LogP) is 5.11. The minimum atomic E-state index is -2.70. The number of Topliss-reactive ketones (excluding diaryl/α,β-unsaturated/α-hetero) is 2. The number of aryl methyl sites for hydroxylation is 1. The van der Waals surface area contributed by atoms with E-state index in [1.54, 1.807) is 20.2 Å². The van der Waals surface area contributed by atoms with E-state index in [4.69, 9.17) is 10.2 Å². The van der Waals surface area contributed by atoms with Gasteiger partial charge in [-0.1, -0.05) is 24.3 Å². The maximum Gasteiger partial charge on any atom is 0.255 e. The second-order valence-electron chi connectivity index (χ2n) is 15.5. The first kappa shape index (κ1) is 35.5. The molecule has 0 saturated heterocycles. The van der Waals surface area contributed by atoms with Crippen LogP contribution < -0.4 is 10.6 Å². The number of carbonyl (C=O) groups is 3.